The van der Waals surface area contributed by atoms with Crippen LogP contribution in [0.2, 0.25) is 0 Å². The Morgan fingerprint density at radius 1 is 1.06 bits per heavy atom. The summed E-state index contributed by atoms with van der Waals surface area (Å²) in [4.78, 5) is 0. The summed E-state index contributed by atoms with van der Waals surface area (Å²) in [6.07, 6.45) is 5.09. The molecule has 0 saturated heterocycles. The molecule has 0 amide bonds. The summed E-state index contributed by atoms with van der Waals surface area (Å²) in [6, 6.07) is 0.0637. The molecule has 18 heavy (non-hydrogen) atoms. The van der Waals surface area contributed by atoms with Crippen molar-refractivity contribution in [1.29, 1.82) is 0 Å². The minimum absolute atomic E-state index is 0.0637. The van der Waals surface area contributed by atoms with E-state index in [4.69, 9.17) is 22.0 Å². The minimum Gasteiger partial charge on any atom is -0.271 e. The number of hydrogen-bond acceptors (Lipinski definition) is 4. The van der Waals surface area contributed by atoms with Gasteiger partial charge in [0.05, 0.1) is 0 Å². The van der Waals surface area contributed by atoms with Crippen LogP contribution in [0.25, 0.3) is 0 Å². The predicted octanol–water partition coefficient (Wildman–Crippen LogP) is 1.47. The van der Waals surface area contributed by atoms with Gasteiger partial charge in [0, 0.05) is 28.0 Å². The van der Waals surface area contributed by atoms with Crippen LogP contribution in [0, 0.1) is 0 Å². The van der Waals surface area contributed by atoms with E-state index in [9.17, 15) is 9.13 Å². The van der Waals surface area contributed by atoms with Crippen molar-refractivity contribution >= 4 is 37.1 Å². The molecule has 0 atom stereocenters. The summed E-state index contributed by atoms with van der Waals surface area (Å²) >= 11 is 0. The van der Waals surface area contributed by atoms with Crippen molar-refractivity contribution in [3.63, 3.8) is 0 Å². The molecule has 0 aliphatic heterocycles. The van der Waals surface area contributed by atoms with E-state index in [2.05, 4.69) is 4.49 Å². The molecule has 1 aliphatic rings. The van der Waals surface area contributed by atoms with Crippen molar-refractivity contribution in [1.82, 2.24) is 8.57 Å². The molecular formula is C6H20N6O2P2S2. The lowest BCUT2D eigenvalue weighted by Crippen LogP contribution is -2.34. The van der Waals surface area contributed by atoms with Crippen LogP contribution in [0.3, 0.4) is 0 Å². The third-order valence-electron chi connectivity index (χ3n) is 2.49. The number of nitrogens with zero attached hydrogens (tertiary/aromatic N) is 1. The topological polar surface area (TPSA) is 153 Å². The van der Waals surface area contributed by atoms with Gasteiger partial charge in [-0.2, -0.15) is 8.57 Å². The molecule has 0 radical (unpaired) electrons. The molecule has 0 unspecified atom stereocenters. The Labute approximate surface area is 115 Å². The fraction of sp³-hybridized carbons (Fsp3) is 1.00. The molecule has 0 bridgehead atoms. The first-order chi connectivity index (χ1) is 8.20. The quantitative estimate of drug-likeness (QED) is 0.274. The first-order valence-corrected chi connectivity index (χ1v) is 11.2. The molecule has 0 spiro atoms. The molecule has 0 aromatic carbocycles. The van der Waals surface area contributed by atoms with Gasteiger partial charge in [-0.1, -0.05) is 19.3 Å². The maximum Gasteiger partial charge on any atom is 0.286 e. The van der Waals surface area contributed by atoms with Crippen LogP contribution in [0.1, 0.15) is 32.1 Å². The van der Waals surface area contributed by atoms with Gasteiger partial charge in [-0.3, -0.25) is 31.1 Å². The highest BCUT2D eigenvalue weighted by Gasteiger charge is 2.32. The summed E-state index contributed by atoms with van der Waals surface area (Å²) < 4.78 is 26.8. The zero-order valence-electron chi connectivity index (χ0n) is 9.90. The summed E-state index contributed by atoms with van der Waals surface area (Å²) in [5.74, 6) is 0. The highest BCUT2D eigenvalue weighted by Crippen LogP contribution is 2.48. The van der Waals surface area contributed by atoms with E-state index in [1.54, 1.807) is 0 Å². The number of nitrogens with two attached hydrogens (primary N) is 4. The number of nitrogens with one attached hydrogen (secondary N) is 1. The highest BCUT2D eigenvalue weighted by atomic mass is 33.1. The Kier molecular flexibility index (Phi) is 6.68. The molecule has 1 rings (SSSR count). The monoisotopic (exact) mass is 334 g/mol. The lowest BCUT2D eigenvalue weighted by molar-refractivity contribution is 0.346. The van der Waals surface area contributed by atoms with Gasteiger partial charge in [0.2, 0.25) is 0 Å². The maximum absolute atomic E-state index is 11.9. The standard InChI is InChI=1S/C6H20N6O2P2S2/c7-15(8,13)11-17-18-12(16(9,10)14)6-4-2-1-3-5-6/h6H,1-5H2,(H4,9,10,14)(H5,7,8,11,13). The lowest BCUT2D eigenvalue weighted by atomic mass is 9.96. The summed E-state index contributed by atoms with van der Waals surface area (Å²) in [6.45, 7) is 0. The van der Waals surface area contributed by atoms with Crippen LogP contribution < -0.4 is 26.5 Å². The van der Waals surface area contributed by atoms with Crippen molar-refractivity contribution in [2.45, 2.75) is 38.1 Å². The molecule has 8 nitrogen and oxygen atoms in total. The average Bonchev–Trinajstić information content (AvgIpc) is 2.22. The first kappa shape index (κ1) is 17.0. The van der Waals surface area contributed by atoms with Crippen molar-refractivity contribution in [2.24, 2.45) is 22.0 Å². The second-order valence-electron chi connectivity index (χ2n) is 4.23. The SMILES string of the molecule is NP(N)(=O)NSSN(C1CCCCC1)P(N)(N)=O. The predicted molar refractivity (Wildman–Crippen MR) is 79.0 cm³/mol. The highest BCUT2D eigenvalue weighted by molar-refractivity contribution is 8.76. The van der Waals surface area contributed by atoms with Gasteiger partial charge in [-0.25, -0.2) is 0 Å². The summed E-state index contributed by atoms with van der Waals surface area (Å²) in [7, 11) is -4.69. The van der Waals surface area contributed by atoms with Crippen molar-refractivity contribution in [3.8, 4) is 0 Å². The normalized spacial score (nSPS) is 19.4. The molecule has 1 aliphatic carbocycles. The number of hydrogen-bond donors (Lipinski definition) is 5. The van der Waals surface area contributed by atoms with E-state index in [0.717, 1.165) is 47.6 Å². The number of rotatable bonds is 6. The molecule has 0 aromatic rings. The van der Waals surface area contributed by atoms with E-state index >= 15 is 0 Å². The van der Waals surface area contributed by atoms with E-state index in [1.807, 2.05) is 0 Å². The minimum atomic E-state index is -3.36. The fourth-order valence-corrected chi connectivity index (χ4v) is 7.13. The molecule has 108 valence electrons. The Morgan fingerprint density at radius 2 is 1.61 bits per heavy atom. The Bertz CT molecular complexity index is 354. The molecule has 12 heteroatoms. The van der Waals surface area contributed by atoms with Gasteiger partial charge in [0.1, 0.15) is 0 Å². The molecule has 0 heterocycles. The molecule has 0 aromatic heterocycles. The maximum atomic E-state index is 11.9. The third kappa shape index (κ3) is 6.38. The van der Waals surface area contributed by atoms with E-state index in [1.165, 1.54) is 10.5 Å². The second-order valence-corrected chi connectivity index (χ2v) is 10.1. The van der Waals surface area contributed by atoms with Gasteiger partial charge < -0.3 is 0 Å². The van der Waals surface area contributed by atoms with Crippen LogP contribution in [0.15, 0.2) is 0 Å². The average molecular weight is 334 g/mol. The Hall–Kier alpha value is 0.920. The van der Waals surface area contributed by atoms with E-state index in [-0.39, 0.29) is 6.04 Å². The third-order valence-corrected chi connectivity index (χ3v) is 8.11. The zero-order chi connectivity index (χ0) is 13.8. The van der Waals surface area contributed by atoms with Gasteiger partial charge in [0.15, 0.2) is 0 Å². The summed E-state index contributed by atoms with van der Waals surface area (Å²) in [5, 5.41) is 0. The van der Waals surface area contributed by atoms with E-state index in [0.29, 0.717) is 0 Å². The van der Waals surface area contributed by atoms with Crippen LogP contribution in [-0.2, 0) is 9.13 Å². The zero-order valence-corrected chi connectivity index (χ0v) is 13.3. The van der Waals surface area contributed by atoms with Crippen molar-refractivity contribution < 1.29 is 9.13 Å². The lowest BCUT2D eigenvalue weighted by Gasteiger charge is -2.34. The van der Waals surface area contributed by atoms with E-state index < -0.39 is 15.2 Å². The van der Waals surface area contributed by atoms with Crippen LogP contribution in [0.5, 0.6) is 0 Å². The Morgan fingerprint density at radius 3 is 2.06 bits per heavy atom. The van der Waals surface area contributed by atoms with Gasteiger partial charge in [-0.15, -0.1) is 0 Å². The Balaban J connectivity index is 2.56. The molecule has 9 N–H and O–H groups in total. The van der Waals surface area contributed by atoms with Crippen molar-refractivity contribution in [2.75, 3.05) is 0 Å². The van der Waals surface area contributed by atoms with Crippen molar-refractivity contribution in [3.05, 3.63) is 0 Å². The van der Waals surface area contributed by atoms with Crippen LogP contribution in [-0.4, -0.2) is 10.1 Å². The van der Waals surface area contributed by atoms with Crippen LogP contribution >= 0.6 is 37.1 Å². The van der Waals surface area contributed by atoms with Crippen LogP contribution in [0.4, 0.5) is 0 Å². The van der Waals surface area contributed by atoms with Gasteiger partial charge >= 0.3 is 0 Å². The fourth-order valence-electron chi connectivity index (χ4n) is 1.78. The largest absolute Gasteiger partial charge is 0.286 e. The second kappa shape index (κ2) is 7.08. The molecular weight excluding hydrogens is 314 g/mol. The van der Waals surface area contributed by atoms with Gasteiger partial charge in [-0.05, 0) is 12.8 Å². The molecule has 1 saturated carbocycles. The smallest absolute Gasteiger partial charge is 0.271 e. The summed E-state index contributed by atoms with van der Waals surface area (Å²) in [5.41, 5.74) is 21.3. The van der Waals surface area contributed by atoms with Gasteiger partial charge in [0.25, 0.3) is 15.2 Å². The first-order valence-electron chi connectivity index (χ1n) is 5.45. The molecule has 1 fully saturated rings.